The van der Waals surface area contributed by atoms with Crippen LogP contribution in [0.3, 0.4) is 0 Å². The number of esters is 1. The van der Waals surface area contributed by atoms with Gasteiger partial charge in [-0.1, -0.05) is 48.2 Å². The zero-order chi connectivity index (χ0) is 21.3. The number of benzene rings is 2. The van der Waals surface area contributed by atoms with Crippen LogP contribution in [0.1, 0.15) is 16.1 Å². The van der Waals surface area contributed by atoms with E-state index < -0.39 is 17.7 Å². The first-order valence-corrected chi connectivity index (χ1v) is 10.0. The maximum absolute atomic E-state index is 14.1. The van der Waals surface area contributed by atoms with Crippen molar-refractivity contribution in [2.24, 2.45) is 0 Å². The predicted molar refractivity (Wildman–Crippen MR) is 118 cm³/mol. The molecule has 1 saturated heterocycles. The monoisotopic (exact) mass is 439 g/mol. The van der Waals surface area contributed by atoms with E-state index in [0.29, 0.717) is 22.0 Å². The Balaban J connectivity index is 1.57. The highest BCUT2D eigenvalue weighted by atomic mass is 32.2. The summed E-state index contributed by atoms with van der Waals surface area (Å²) in [6, 6.07) is 16.2. The average Bonchev–Trinajstić information content (AvgIpc) is 3.33. The fourth-order valence-corrected chi connectivity index (χ4v) is 4.18. The molecule has 5 nitrogen and oxygen atoms in total. The maximum Gasteiger partial charge on any atom is 0.337 e. The van der Waals surface area contributed by atoms with Crippen LogP contribution in [0.15, 0.2) is 70.0 Å². The van der Waals surface area contributed by atoms with Gasteiger partial charge in [-0.05, 0) is 36.4 Å². The minimum absolute atomic E-state index is 0.120. The molecule has 0 spiro atoms. The van der Waals surface area contributed by atoms with Crippen molar-refractivity contribution >= 4 is 51.9 Å². The highest BCUT2D eigenvalue weighted by Crippen LogP contribution is 2.37. The Morgan fingerprint density at radius 3 is 2.57 bits per heavy atom. The molecule has 0 N–H and O–H groups in total. The second-order valence-electron chi connectivity index (χ2n) is 6.24. The number of thiocarbonyl (C=S) groups is 1. The van der Waals surface area contributed by atoms with Crippen LogP contribution in [0.2, 0.25) is 0 Å². The number of carbonyl (C=O) groups is 2. The van der Waals surface area contributed by atoms with Crippen molar-refractivity contribution in [1.82, 2.24) is 0 Å². The van der Waals surface area contributed by atoms with Gasteiger partial charge in [-0.2, -0.15) is 0 Å². The smallest absolute Gasteiger partial charge is 0.337 e. The molecule has 0 aliphatic carbocycles. The van der Waals surface area contributed by atoms with E-state index in [-0.39, 0.29) is 10.0 Å². The molecule has 30 heavy (non-hydrogen) atoms. The number of methoxy groups -OCH3 is 1. The molecule has 2 aromatic carbocycles. The summed E-state index contributed by atoms with van der Waals surface area (Å²) >= 11 is 6.35. The Bertz CT molecular complexity index is 1180. The summed E-state index contributed by atoms with van der Waals surface area (Å²) in [7, 11) is 1.32. The molecule has 3 aromatic rings. The zero-order valence-electron chi connectivity index (χ0n) is 15.6. The Morgan fingerprint density at radius 1 is 1.13 bits per heavy atom. The van der Waals surface area contributed by atoms with E-state index in [2.05, 4.69) is 4.74 Å². The number of nitrogens with zero attached hydrogens (tertiary/aromatic N) is 1. The SMILES string of the molecule is COC(=O)c1ccc(-c2ccc(/C=C3\SC(=S)N(c4ccccc4F)C3=O)o2)cc1. The van der Waals surface area contributed by atoms with Crippen LogP contribution < -0.4 is 4.90 Å². The van der Waals surface area contributed by atoms with Crippen molar-refractivity contribution in [3.05, 3.63) is 82.7 Å². The summed E-state index contributed by atoms with van der Waals surface area (Å²) in [5, 5.41) is 0. The summed E-state index contributed by atoms with van der Waals surface area (Å²) in [6.45, 7) is 0. The lowest BCUT2D eigenvalue weighted by atomic mass is 10.1. The van der Waals surface area contributed by atoms with Crippen LogP contribution in [-0.2, 0) is 9.53 Å². The van der Waals surface area contributed by atoms with Crippen molar-refractivity contribution in [2.75, 3.05) is 12.0 Å². The van der Waals surface area contributed by atoms with E-state index in [0.717, 1.165) is 17.3 Å². The lowest BCUT2D eigenvalue weighted by Gasteiger charge is -2.14. The van der Waals surface area contributed by atoms with Gasteiger partial charge in [0.05, 0.1) is 23.3 Å². The third-order valence-corrected chi connectivity index (χ3v) is 5.68. The van der Waals surface area contributed by atoms with Crippen LogP contribution in [0, 0.1) is 5.82 Å². The molecule has 0 saturated carbocycles. The Labute approximate surface area is 181 Å². The van der Waals surface area contributed by atoms with Crippen LogP contribution in [-0.4, -0.2) is 23.3 Å². The number of furan rings is 1. The van der Waals surface area contributed by atoms with Crippen molar-refractivity contribution < 1.29 is 23.1 Å². The van der Waals surface area contributed by atoms with Crippen LogP contribution in [0.4, 0.5) is 10.1 Å². The average molecular weight is 439 g/mol. The van der Waals surface area contributed by atoms with Crippen molar-refractivity contribution in [2.45, 2.75) is 0 Å². The molecular weight excluding hydrogens is 425 g/mol. The lowest BCUT2D eigenvalue weighted by molar-refractivity contribution is -0.113. The molecule has 4 rings (SSSR count). The van der Waals surface area contributed by atoms with E-state index >= 15 is 0 Å². The minimum atomic E-state index is -0.522. The molecule has 0 bridgehead atoms. The highest BCUT2D eigenvalue weighted by Gasteiger charge is 2.34. The first-order chi connectivity index (χ1) is 14.5. The Morgan fingerprint density at radius 2 is 1.87 bits per heavy atom. The van der Waals surface area contributed by atoms with Gasteiger partial charge in [-0.15, -0.1) is 0 Å². The summed E-state index contributed by atoms with van der Waals surface area (Å²) in [4.78, 5) is 25.8. The van der Waals surface area contributed by atoms with Gasteiger partial charge >= 0.3 is 5.97 Å². The van der Waals surface area contributed by atoms with Gasteiger partial charge in [0.1, 0.15) is 17.3 Å². The van der Waals surface area contributed by atoms with E-state index in [1.54, 1.807) is 54.6 Å². The highest BCUT2D eigenvalue weighted by molar-refractivity contribution is 8.27. The second kappa shape index (κ2) is 8.25. The van der Waals surface area contributed by atoms with Gasteiger partial charge in [0, 0.05) is 11.6 Å². The molecule has 0 unspecified atom stereocenters. The molecule has 150 valence electrons. The third kappa shape index (κ3) is 3.79. The predicted octanol–water partition coefficient (Wildman–Crippen LogP) is 5.28. The number of para-hydroxylation sites is 1. The standard InChI is InChI=1S/C22H14FNO4S2/c1-27-21(26)14-8-6-13(7-9-14)18-11-10-15(28-18)12-19-20(25)24(22(29)30-19)17-5-3-2-4-16(17)23/h2-12H,1H3/b19-12-. The van der Waals surface area contributed by atoms with Crippen LogP contribution >= 0.6 is 24.0 Å². The topological polar surface area (TPSA) is 59.8 Å². The number of halogens is 1. The lowest BCUT2D eigenvalue weighted by Crippen LogP contribution is -2.28. The fraction of sp³-hybridized carbons (Fsp3) is 0.0455. The van der Waals surface area contributed by atoms with Gasteiger partial charge in [-0.25, -0.2) is 9.18 Å². The molecule has 0 atom stereocenters. The molecule has 1 amide bonds. The zero-order valence-corrected chi connectivity index (χ0v) is 17.3. The number of anilines is 1. The quantitative estimate of drug-likeness (QED) is 0.313. The summed E-state index contributed by atoms with van der Waals surface area (Å²) in [5.74, 6) is -0.321. The number of carbonyl (C=O) groups excluding carboxylic acids is 2. The van der Waals surface area contributed by atoms with Crippen molar-refractivity contribution in [3.8, 4) is 11.3 Å². The van der Waals surface area contributed by atoms with Crippen molar-refractivity contribution in [3.63, 3.8) is 0 Å². The van der Waals surface area contributed by atoms with E-state index in [4.69, 9.17) is 16.6 Å². The first kappa shape index (κ1) is 20.1. The minimum Gasteiger partial charge on any atom is -0.465 e. The van der Waals surface area contributed by atoms with E-state index in [1.165, 1.54) is 24.1 Å². The third-order valence-electron chi connectivity index (χ3n) is 4.38. The Hall–Kier alpha value is -3.23. The number of hydrogen-bond acceptors (Lipinski definition) is 6. The van der Waals surface area contributed by atoms with Gasteiger partial charge in [0.2, 0.25) is 0 Å². The number of amides is 1. The molecule has 1 aliphatic heterocycles. The largest absolute Gasteiger partial charge is 0.465 e. The summed E-state index contributed by atoms with van der Waals surface area (Å²) in [5.41, 5.74) is 1.32. The maximum atomic E-state index is 14.1. The molecular formula is C22H14FNO4S2. The molecule has 1 fully saturated rings. The number of hydrogen-bond donors (Lipinski definition) is 0. The molecule has 8 heteroatoms. The van der Waals surface area contributed by atoms with Gasteiger partial charge in [0.15, 0.2) is 4.32 Å². The first-order valence-electron chi connectivity index (χ1n) is 8.79. The van der Waals surface area contributed by atoms with Gasteiger partial charge in [-0.3, -0.25) is 9.69 Å². The van der Waals surface area contributed by atoms with Gasteiger partial charge < -0.3 is 9.15 Å². The number of rotatable bonds is 4. The number of thioether (sulfide) groups is 1. The molecule has 1 aliphatic rings. The summed E-state index contributed by atoms with van der Waals surface area (Å²) in [6.07, 6.45) is 1.58. The van der Waals surface area contributed by atoms with Crippen molar-refractivity contribution in [1.29, 1.82) is 0 Å². The van der Waals surface area contributed by atoms with Gasteiger partial charge in [0.25, 0.3) is 5.91 Å². The summed E-state index contributed by atoms with van der Waals surface area (Å²) < 4.78 is 24.9. The molecule has 2 heterocycles. The normalized spacial score (nSPS) is 15.1. The Kier molecular flexibility index (Phi) is 5.52. The molecule has 0 radical (unpaired) electrons. The van der Waals surface area contributed by atoms with Crippen LogP contribution in [0.25, 0.3) is 17.4 Å². The number of ether oxygens (including phenoxy) is 1. The van der Waals surface area contributed by atoms with Crippen LogP contribution in [0.5, 0.6) is 0 Å². The fourth-order valence-electron chi connectivity index (χ4n) is 2.91. The van der Waals surface area contributed by atoms with E-state index in [1.807, 2.05) is 0 Å². The van der Waals surface area contributed by atoms with E-state index in [9.17, 15) is 14.0 Å². The second-order valence-corrected chi connectivity index (χ2v) is 7.92. The molecule has 1 aromatic heterocycles.